The highest BCUT2D eigenvalue weighted by Gasteiger charge is 2.34. The molecule has 0 spiro atoms. The highest BCUT2D eigenvalue weighted by Crippen LogP contribution is 2.28. The summed E-state index contributed by atoms with van der Waals surface area (Å²) >= 11 is 0. The topological polar surface area (TPSA) is 63.9 Å². The number of likely N-dealkylation sites (tertiary alicyclic amines) is 1. The second-order valence-corrected chi connectivity index (χ2v) is 6.06. The Labute approximate surface area is 123 Å². The summed E-state index contributed by atoms with van der Waals surface area (Å²) < 4.78 is 1.59. The van der Waals surface area contributed by atoms with E-state index in [4.69, 9.17) is 0 Å². The fourth-order valence-corrected chi connectivity index (χ4v) is 2.89. The molecule has 0 radical (unpaired) electrons. The van der Waals surface area contributed by atoms with E-state index in [1.54, 1.807) is 11.0 Å². The Kier molecular flexibility index (Phi) is 3.45. The van der Waals surface area contributed by atoms with Crippen molar-refractivity contribution < 1.29 is 4.79 Å². The van der Waals surface area contributed by atoms with Gasteiger partial charge >= 0.3 is 0 Å². The van der Waals surface area contributed by atoms with E-state index in [2.05, 4.69) is 29.4 Å². The molecule has 1 saturated heterocycles. The Morgan fingerprint density at radius 2 is 2.05 bits per heavy atom. The highest BCUT2D eigenvalue weighted by molar-refractivity contribution is 5.79. The second kappa shape index (κ2) is 5.27. The van der Waals surface area contributed by atoms with Crippen molar-refractivity contribution in [2.75, 3.05) is 6.54 Å². The van der Waals surface area contributed by atoms with Gasteiger partial charge in [-0.05, 0) is 54.8 Å². The van der Waals surface area contributed by atoms with Crippen LogP contribution >= 0.6 is 0 Å². The number of aromatic nitrogens is 4. The molecule has 110 valence electrons. The average Bonchev–Trinajstić information content (AvgIpc) is 3.08. The van der Waals surface area contributed by atoms with Gasteiger partial charge in [0.2, 0.25) is 5.91 Å². The van der Waals surface area contributed by atoms with Crippen LogP contribution in [0.4, 0.5) is 0 Å². The van der Waals surface area contributed by atoms with Crippen molar-refractivity contribution in [2.45, 2.75) is 38.6 Å². The summed E-state index contributed by atoms with van der Waals surface area (Å²) in [6, 6.07) is 7.76. The van der Waals surface area contributed by atoms with E-state index in [0.717, 1.165) is 30.6 Å². The van der Waals surface area contributed by atoms with Gasteiger partial charge in [0.1, 0.15) is 6.33 Å². The first-order chi connectivity index (χ1) is 10.1. The van der Waals surface area contributed by atoms with Gasteiger partial charge in [-0.25, -0.2) is 4.68 Å². The molecular weight excluding hydrogens is 266 g/mol. The third-order valence-electron chi connectivity index (χ3n) is 4.11. The normalized spacial score (nSPS) is 17.1. The fourth-order valence-electron chi connectivity index (χ4n) is 2.89. The lowest BCUT2D eigenvalue weighted by atomic mass is 10.0. The average molecular weight is 285 g/mol. The number of hydrogen-bond donors (Lipinski definition) is 0. The Hall–Kier alpha value is -2.24. The van der Waals surface area contributed by atoms with Crippen LogP contribution in [0.15, 0.2) is 30.6 Å². The van der Waals surface area contributed by atoms with Crippen LogP contribution in [0.1, 0.15) is 32.3 Å². The molecule has 1 aliphatic heterocycles. The number of nitrogens with zero attached hydrogens (tertiary/aromatic N) is 5. The Morgan fingerprint density at radius 3 is 2.62 bits per heavy atom. The van der Waals surface area contributed by atoms with Crippen molar-refractivity contribution in [3.05, 3.63) is 36.2 Å². The lowest BCUT2D eigenvalue weighted by Crippen LogP contribution is -2.43. The van der Waals surface area contributed by atoms with Crippen LogP contribution in [-0.2, 0) is 11.2 Å². The minimum Gasteiger partial charge on any atom is -0.337 e. The number of hydrogen-bond acceptors (Lipinski definition) is 4. The van der Waals surface area contributed by atoms with Crippen molar-refractivity contribution in [3.8, 4) is 5.69 Å². The first-order valence-electron chi connectivity index (χ1n) is 7.19. The number of carbonyl (C=O) groups excluding carboxylic acids is 1. The maximum atomic E-state index is 12.4. The van der Waals surface area contributed by atoms with Gasteiger partial charge in [-0.3, -0.25) is 4.79 Å². The van der Waals surface area contributed by atoms with E-state index in [1.165, 1.54) is 0 Å². The largest absolute Gasteiger partial charge is 0.337 e. The Bertz CT molecular complexity index is 618. The van der Waals surface area contributed by atoms with Gasteiger partial charge in [0, 0.05) is 12.1 Å². The summed E-state index contributed by atoms with van der Waals surface area (Å²) in [4.78, 5) is 14.4. The smallest absolute Gasteiger partial charge is 0.227 e. The van der Waals surface area contributed by atoms with Crippen LogP contribution in [0.25, 0.3) is 5.69 Å². The van der Waals surface area contributed by atoms with E-state index in [-0.39, 0.29) is 11.4 Å². The quantitative estimate of drug-likeness (QED) is 0.859. The minimum atomic E-state index is -0.0105. The lowest BCUT2D eigenvalue weighted by Gasteiger charge is -2.31. The summed E-state index contributed by atoms with van der Waals surface area (Å²) in [5.74, 6) is 0.202. The van der Waals surface area contributed by atoms with E-state index in [1.807, 2.05) is 29.2 Å². The SMILES string of the molecule is CC1(C)CCCN1C(=O)Cc1ccc(-n2cnnn2)cc1. The molecule has 1 aromatic carbocycles. The van der Waals surface area contributed by atoms with Crippen molar-refractivity contribution in [3.63, 3.8) is 0 Å². The molecule has 3 rings (SSSR count). The molecule has 1 aliphatic rings. The number of tetrazole rings is 1. The lowest BCUT2D eigenvalue weighted by molar-refractivity contribution is -0.133. The van der Waals surface area contributed by atoms with Crippen LogP contribution < -0.4 is 0 Å². The van der Waals surface area contributed by atoms with Gasteiger partial charge in [-0.2, -0.15) is 0 Å². The zero-order valence-electron chi connectivity index (χ0n) is 12.4. The van der Waals surface area contributed by atoms with Crippen LogP contribution in [0.5, 0.6) is 0 Å². The minimum absolute atomic E-state index is 0.0105. The molecule has 1 amide bonds. The van der Waals surface area contributed by atoms with Crippen LogP contribution in [0.2, 0.25) is 0 Å². The van der Waals surface area contributed by atoms with E-state index >= 15 is 0 Å². The molecule has 0 unspecified atom stereocenters. The fraction of sp³-hybridized carbons (Fsp3) is 0.467. The predicted octanol–water partition coefficient (Wildman–Crippen LogP) is 1.61. The standard InChI is InChI=1S/C15H19N5O/c1-15(2)8-3-9-19(15)14(21)10-12-4-6-13(7-5-12)20-11-16-17-18-20/h4-7,11H,3,8-10H2,1-2H3. The number of benzene rings is 1. The van der Waals surface area contributed by atoms with Crippen molar-refractivity contribution >= 4 is 5.91 Å². The molecule has 6 nitrogen and oxygen atoms in total. The summed E-state index contributed by atoms with van der Waals surface area (Å²) in [6.45, 7) is 5.14. The molecule has 2 heterocycles. The van der Waals surface area contributed by atoms with Crippen molar-refractivity contribution in [1.82, 2.24) is 25.1 Å². The van der Waals surface area contributed by atoms with Gasteiger partial charge in [-0.1, -0.05) is 12.1 Å². The molecule has 0 N–H and O–H groups in total. The Balaban J connectivity index is 1.69. The Morgan fingerprint density at radius 1 is 1.29 bits per heavy atom. The van der Waals surface area contributed by atoms with Gasteiger partial charge in [0.25, 0.3) is 0 Å². The third kappa shape index (κ3) is 2.79. The maximum Gasteiger partial charge on any atom is 0.227 e. The molecular formula is C15H19N5O. The van der Waals surface area contributed by atoms with E-state index in [9.17, 15) is 4.79 Å². The van der Waals surface area contributed by atoms with Crippen LogP contribution in [0.3, 0.4) is 0 Å². The monoisotopic (exact) mass is 285 g/mol. The highest BCUT2D eigenvalue weighted by atomic mass is 16.2. The zero-order chi connectivity index (χ0) is 14.9. The van der Waals surface area contributed by atoms with Crippen LogP contribution in [0, 0.1) is 0 Å². The molecule has 6 heteroatoms. The number of rotatable bonds is 3. The van der Waals surface area contributed by atoms with E-state index in [0.29, 0.717) is 6.42 Å². The molecule has 0 aliphatic carbocycles. The number of carbonyl (C=O) groups is 1. The summed E-state index contributed by atoms with van der Waals surface area (Å²) in [7, 11) is 0. The third-order valence-corrected chi connectivity index (χ3v) is 4.11. The molecule has 0 atom stereocenters. The molecule has 21 heavy (non-hydrogen) atoms. The van der Waals surface area contributed by atoms with Gasteiger partial charge in [0.05, 0.1) is 12.1 Å². The summed E-state index contributed by atoms with van der Waals surface area (Å²) in [5.41, 5.74) is 1.89. The van der Waals surface area contributed by atoms with Gasteiger partial charge in [-0.15, -0.1) is 5.10 Å². The first kappa shape index (κ1) is 13.7. The van der Waals surface area contributed by atoms with Crippen LogP contribution in [-0.4, -0.2) is 43.1 Å². The van der Waals surface area contributed by atoms with Gasteiger partial charge < -0.3 is 4.90 Å². The maximum absolute atomic E-state index is 12.4. The van der Waals surface area contributed by atoms with Gasteiger partial charge in [0.15, 0.2) is 0 Å². The summed E-state index contributed by atoms with van der Waals surface area (Å²) in [5, 5.41) is 11.1. The molecule has 0 bridgehead atoms. The molecule has 2 aromatic rings. The molecule has 0 saturated carbocycles. The molecule has 1 aromatic heterocycles. The number of amides is 1. The zero-order valence-corrected chi connectivity index (χ0v) is 12.4. The molecule has 1 fully saturated rings. The van der Waals surface area contributed by atoms with Crippen molar-refractivity contribution in [1.29, 1.82) is 0 Å². The summed E-state index contributed by atoms with van der Waals surface area (Å²) in [6.07, 6.45) is 4.17. The van der Waals surface area contributed by atoms with Crippen molar-refractivity contribution in [2.24, 2.45) is 0 Å². The predicted molar refractivity (Wildman–Crippen MR) is 77.9 cm³/mol. The second-order valence-electron chi connectivity index (χ2n) is 6.06. The van der Waals surface area contributed by atoms with E-state index < -0.39 is 0 Å². The first-order valence-corrected chi connectivity index (χ1v) is 7.19.